The van der Waals surface area contributed by atoms with Gasteiger partial charge in [-0.15, -0.1) is 0 Å². The molecule has 104 valence electrons. The number of ether oxygens (including phenoxy) is 2. The van der Waals surface area contributed by atoms with Crippen LogP contribution in [0.25, 0.3) is 0 Å². The summed E-state index contributed by atoms with van der Waals surface area (Å²) in [5.74, 6) is 0.143. The minimum absolute atomic E-state index is 0.0631. The molecule has 1 aliphatic heterocycles. The first-order chi connectivity index (χ1) is 9.03. The number of hydrogen-bond donors (Lipinski definition) is 2. The van der Waals surface area contributed by atoms with Crippen LogP contribution in [0.15, 0.2) is 23.1 Å². The van der Waals surface area contributed by atoms with Gasteiger partial charge in [0, 0.05) is 13.7 Å². The zero-order valence-electron chi connectivity index (χ0n) is 10.3. The predicted molar refractivity (Wildman–Crippen MR) is 67.6 cm³/mol. The number of amides is 1. The van der Waals surface area contributed by atoms with Crippen molar-refractivity contribution in [3.05, 3.63) is 18.2 Å². The van der Waals surface area contributed by atoms with Crippen LogP contribution in [0.1, 0.15) is 0 Å². The van der Waals surface area contributed by atoms with E-state index in [0.29, 0.717) is 11.4 Å². The number of carbonyl (C=O) groups excluding carboxylic acids is 1. The van der Waals surface area contributed by atoms with Gasteiger partial charge in [-0.3, -0.25) is 4.79 Å². The number of hydrogen-bond acceptors (Lipinski definition) is 5. The van der Waals surface area contributed by atoms with E-state index in [2.05, 4.69) is 10.0 Å². The first-order valence-corrected chi connectivity index (χ1v) is 7.06. The monoisotopic (exact) mass is 286 g/mol. The number of fused-ring (bicyclic) bond motifs is 1. The Balaban J connectivity index is 2.21. The number of nitrogens with one attached hydrogen (secondary N) is 2. The molecule has 1 heterocycles. The molecular weight excluding hydrogens is 272 g/mol. The quantitative estimate of drug-likeness (QED) is 0.740. The van der Waals surface area contributed by atoms with Gasteiger partial charge in [0.05, 0.1) is 17.2 Å². The highest BCUT2D eigenvalue weighted by atomic mass is 32.2. The number of anilines is 1. The molecule has 19 heavy (non-hydrogen) atoms. The molecule has 0 fully saturated rings. The molecule has 0 radical (unpaired) electrons. The van der Waals surface area contributed by atoms with Gasteiger partial charge in [0.25, 0.3) is 5.91 Å². The Morgan fingerprint density at radius 3 is 3.00 bits per heavy atom. The number of carbonyl (C=O) groups is 1. The number of methoxy groups -OCH3 is 1. The summed E-state index contributed by atoms with van der Waals surface area (Å²) < 4.78 is 36.2. The molecule has 0 saturated heterocycles. The van der Waals surface area contributed by atoms with Crippen molar-refractivity contribution >= 4 is 21.6 Å². The fraction of sp³-hybridized carbons (Fsp3) is 0.364. The van der Waals surface area contributed by atoms with Crippen LogP contribution >= 0.6 is 0 Å². The topological polar surface area (TPSA) is 93.7 Å². The summed E-state index contributed by atoms with van der Waals surface area (Å²) in [7, 11) is -2.13. The molecule has 0 aromatic heterocycles. The third kappa shape index (κ3) is 3.22. The van der Waals surface area contributed by atoms with Crippen molar-refractivity contribution in [1.29, 1.82) is 0 Å². The van der Waals surface area contributed by atoms with Gasteiger partial charge in [0.2, 0.25) is 10.0 Å². The average Bonchev–Trinajstić information content (AvgIpc) is 2.38. The molecule has 0 bridgehead atoms. The molecule has 0 unspecified atom stereocenters. The largest absolute Gasteiger partial charge is 0.482 e. The minimum atomic E-state index is -3.62. The van der Waals surface area contributed by atoms with Gasteiger partial charge in [-0.05, 0) is 18.2 Å². The second-order valence-electron chi connectivity index (χ2n) is 3.89. The molecule has 0 aliphatic carbocycles. The Labute approximate surface area is 110 Å². The van der Waals surface area contributed by atoms with E-state index >= 15 is 0 Å². The summed E-state index contributed by atoms with van der Waals surface area (Å²) in [6.45, 7) is 0.397. The number of rotatable bonds is 5. The Kier molecular flexibility index (Phi) is 4.03. The van der Waals surface area contributed by atoms with Crippen molar-refractivity contribution in [3.8, 4) is 5.75 Å². The van der Waals surface area contributed by atoms with Crippen LogP contribution in [-0.2, 0) is 19.6 Å². The third-order valence-corrected chi connectivity index (χ3v) is 3.95. The van der Waals surface area contributed by atoms with Gasteiger partial charge in [-0.25, -0.2) is 13.1 Å². The molecule has 1 amide bonds. The van der Waals surface area contributed by atoms with E-state index in [-0.39, 0.29) is 30.6 Å². The SMILES string of the molecule is COCCNS(=O)(=O)c1ccc2c(c1)NC(=O)CO2. The van der Waals surface area contributed by atoms with E-state index in [1.807, 2.05) is 0 Å². The Hall–Kier alpha value is -1.64. The molecule has 2 N–H and O–H groups in total. The average molecular weight is 286 g/mol. The van der Waals surface area contributed by atoms with Crippen LogP contribution in [0.4, 0.5) is 5.69 Å². The highest BCUT2D eigenvalue weighted by molar-refractivity contribution is 7.89. The van der Waals surface area contributed by atoms with E-state index < -0.39 is 10.0 Å². The minimum Gasteiger partial charge on any atom is -0.482 e. The number of sulfonamides is 1. The second-order valence-corrected chi connectivity index (χ2v) is 5.65. The first-order valence-electron chi connectivity index (χ1n) is 5.58. The van der Waals surface area contributed by atoms with E-state index in [1.165, 1.54) is 25.3 Å². The normalized spacial score (nSPS) is 14.5. The maximum Gasteiger partial charge on any atom is 0.262 e. The van der Waals surface area contributed by atoms with Crippen molar-refractivity contribution < 1.29 is 22.7 Å². The molecule has 2 rings (SSSR count). The van der Waals surface area contributed by atoms with Crippen molar-refractivity contribution in [3.63, 3.8) is 0 Å². The molecule has 7 nitrogen and oxygen atoms in total. The van der Waals surface area contributed by atoms with Crippen LogP contribution in [0.2, 0.25) is 0 Å². The van der Waals surface area contributed by atoms with Gasteiger partial charge < -0.3 is 14.8 Å². The Morgan fingerprint density at radius 2 is 2.26 bits per heavy atom. The summed E-state index contributed by atoms with van der Waals surface area (Å²) in [6.07, 6.45) is 0. The third-order valence-electron chi connectivity index (χ3n) is 2.49. The molecule has 0 atom stereocenters. The van der Waals surface area contributed by atoms with Crippen molar-refractivity contribution in [2.45, 2.75) is 4.90 Å². The summed E-state index contributed by atoms with van der Waals surface area (Å²) in [5.41, 5.74) is 0.353. The molecule has 0 spiro atoms. The fourth-order valence-corrected chi connectivity index (χ4v) is 2.63. The maximum absolute atomic E-state index is 12.0. The molecule has 1 aromatic rings. The molecule has 1 aromatic carbocycles. The lowest BCUT2D eigenvalue weighted by atomic mass is 10.2. The summed E-state index contributed by atoms with van der Waals surface area (Å²) >= 11 is 0. The highest BCUT2D eigenvalue weighted by Crippen LogP contribution is 2.29. The lowest BCUT2D eigenvalue weighted by Gasteiger charge is -2.18. The Bertz CT molecular complexity index is 585. The van der Waals surface area contributed by atoms with Gasteiger partial charge in [-0.2, -0.15) is 0 Å². The van der Waals surface area contributed by atoms with Crippen molar-refractivity contribution in [2.75, 3.05) is 32.2 Å². The molecule has 8 heteroatoms. The van der Waals surface area contributed by atoms with E-state index in [4.69, 9.17) is 9.47 Å². The lowest BCUT2D eigenvalue weighted by molar-refractivity contribution is -0.118. The predicted octanol–water partition coefficient (Wildman–Crippen LogP) is -0.0578. The number of benzene rings is 1. The van der Waals surface area contributed by atoms with Gasteiger partial charge >= 0.3 is 0 Å². The van der Waals surface area contributed by atoms with Crippen molar-refractivity contribution in [1.82, 2.24) is 4.72 Å². The molecule has 0 saturated carbocycles. The Morgan fingerprint density at radius 1 is 1.47 bits per heavy atom. The standard InChI is InChI=1S/C11H14N2O5S/c1-17-5-4-12-19(15,16)8-2-3-10-9(6-8)13-11(14)7-18-10/h2-3,6,12H,4-5,7H2,1H3,(H,13,14). The van der Waals surface area contributed by atoms with Crippen LogP contribution in [0, 0.1) is 0 Å². The summed E-state index contributed by atoms with van der Waals surface area (Å²) in [4.78, 5) is 11.2. The van der Waals surface area contributed by atoms with Crippen LogP contribution < -0.4 is 14.8 Å². The zero-order valence-corrected chi connectivity index (χ0v) is 11.1. The van der Waals surface area contributed by atoms with Gasteiger partial charge in [-0.1, -0.05) is 0 Å². The van der Waals surface area contributed by atoms with Crippen LogP contribution in [0.5, 0.6) is 5.75 Å². The molecule has 1 aliphatic rings. The first kappa shape index (κ1) is 13.8. The summed E-state index contributed by atoms with van der Waals surface area (Å²) in [5, 5.41) is 2.56. The highest BCUT2D eigenvalue weighted by Gasteiger charge is 2.20. The fourth-order valence-electron chi connectivity index (χ4n) is 1.59. The summed E-state index contributed by atoms with van der Waals surface area (Å²) in [6, 6.07) is 4.30. The smallest absolute Gasteiger partial charge is 0.262 e. The molecular formula is C11H14N2O5S. The zero-order chi connectivity index (χ0) is 13.9. The van der Waals surface area contributed by atoms with Gasteiger partial charge in [0.15, 0.2) is 6.61 Å². The van der Waals surface area contributed by atoms with E-state index in [0.717, 1.165) is 0 Å². The van der Waals surface area contributed by atoms with Crippen molar-refractivity contribution in [2.24, 2.45) is 0 Å². The van der Waals surface area contributed by atoms with Crippen LogP contribution in [0.3, 0.4) is 0 Å². The van der Waals surface area contributed by atoms with Gasteiger partial charge in [0.1, 0.15) is 5.75 Å². The lowest BCUT2D eigenvalue weighted by Crippen LogP contribution is -2.28. The van der Waals surface area contributed by atoms with Crippen LogP contribution in [-0.4, -0.2) is 41.2 Å². The maximum atomic E-state index is 12.0. The second kappa shape index (κ2) is 5.55. The van der Waals surface area contributed by atoms with E-state index in [1.54, 1.807) is 0 Å². The van der Waals surface area contributed by atoms with E-state index in [9.17, 15) is 13.2 Å².